The Hall–Kier alpha value is -1.59. The average Bonchev–Trinajstić information content (AvgIpc) is 3.28. The van der Waals surface area contributed by atoms with Crippen molar-refractivity contribution in [1.82, 2.24) is 0 Å². The van der Waals surface area contributed by atoms with E-state index in [1.54, 1.807) is 18.2 Å². The molecule has 0 bridgehead atoms. The van der Waals surface area contributed by atoms with Crippen LogP contribution in [0, 0.1) is 0 Å². The number of ether oxygens (including phenoxy) is 4. The van der Waals surface area contributed by atoms with Crippen molar-refractivity contribution in [2.75, 3.05) is 26.4 Å². The van der Waals surface area contributed by atoms with E-state index in [9.17, 15) is 4.79 Å². The largest absolute Gasteiger partial charge is 0.487 e. The Kier molecular flexibility index (Phi) is 3.17. The van der Waals surface area contributed by atoms with Gasteiger partial charge in [0.05, 0.1) is 13.2 Å². The third-order valence-electron chi connectivity index (χ3n) is 2.76. The van der Waals surface area contributed by atoms with Gasteiger partial charge in [0.1, 0.15) is 31.7 Å². The van der Waals surface area contributed by atoms with Crippen molar-refractivity contribution in [2.24, 2.45) is 0 Å². The zero-order valence-corrected chi connectivity index (χ0v) is 9.83. The van der Waals surface area contributed by atoms with E-state index in [0.717, 1.165) is 19.5 Å². The van der Waals surface area contributed by atoms with E-state index in [0.29, 0.717) is 30.3 Å². The van der Waals surface area contributed by atoms with Crippen molar-refractivity contribution in [1.29, 1.82) is 0 Å². The molecule has 1 aromatic carbocycles. The molecule has 5 nitrogen and oxygen atoms in total. The first-order valence-electron chi connectivity index (χ1n) is 5.93. The summed E-state index contributed by atoms with van der Waals surface area (Å²) in [7, 11) is 0. The van der Waals surface area contributed by atoms with Gasteiger partial charge in [-0.25, -0.2) is 0 Å². The molecule has 3 rings (SSSR count). The monoisotopic (exact) mass is 250 g/mol. The van der Waals surface area contributed by atoms with Crippen molar-refractivity contribution < 1.29 is 23.7 Å². The minimum Gasteiger partial charge on any atom is -0.487 e. The first-order valence-corrected chi connectivity index (χ1v) is 5.93. The molecule has 96 valence electrons. The van der Waals surface area contributed by atoms with E-state index in [2.05, 4.69) is 0 Å². The van der Waals surface area contributed by atoms with E-state index >= 15 is 0 Å². The molecule has 0 aliphatic carbocycles. The molecule has 2 aliphatic heterocycles. The van der Waals surface area contributed by atoms with Gasteiger partial charge in [0.25, 0.3) is 0 Å². The van der Waals surface area contributed by atoms with Crippen LogP contribution in [0.3, 0.4) is 0 Å². The molecule has 2 unspecified atom stereocenters. The van der Waals surface area contributed by atoms with Crippen LogP contribution >= 0.6 is 0 Å². The van der Waals surface area contributed by atoms with Crippen LogP contribution < -0.4 is 9.47 Å². The van der Waals surface area contributed by atoms with Crippen LogP contribution in [0.2, 0.25) is 0 Å². The highest BCUT2D eigenvalue weighted by atomic mass is 16.6. The topological polar surface area (TPSA) is 60.6 Å². The average molecular weight is 250 g/mol. The molecule has 5 heteroatoms. The molecular weight excluding hydrogens is 236 g/mol. The number of rotatable bonds is 7. The molecule has 0 spiro atoms. The molecule has 2 atom stereocenters. The van der Waals surface area contributed by atoms with Gasteiger partial charge in [0, 0.05) is 5.56 Å². The van der Waals surface area contributed by atoms with Gasteiger partial charge in [0.15, 0.2) is 11.5 Å². The van der Waals surface area contributed by atoms with Crippen LogP contribution in [0.25, 0.3) is 0 Å². The molecule has 2 saturated heterocycles. The molecule has 0 N–H and O–H groups in total. The molecule has 1 aromatic rings. The first-order chi connectivity index (χ1) is 8.85. The summed E-state index contributed by atoms with van der Waals surface area (Å²) in [5, 5.41) is 0. The van der Waals surface area contributed by atoms with Gasteiger partial charge >= 0.3 is 0 Å². The normalized spacial score (nSPS) is 24.4. The molecule has 0 amide bonds. The van der Waals surface area contributed by atoms with Gasteiger partial charge in [-0.2, -0.15) is 0 Å². The molecule has 0 saturated carbocycles. The van der Waals surface area contributed by atoms with E-state index in [1.165, 1.54) is 0 Å². The minimum atomic E-state index is 0.171. The fourth-order valence-electron chi connectivity index (χ4n) is 1.52. The Labute approximate surface area is 105 Å². The van der Waals surface area contributed by atoms with Gasteiger partial charge in [-0.05, 0) is 18.2 Å². The van der Waals surface area contributed by atoms with Crippen LogP contribution in [-0.2, 0) is 9.47 Å². The van der Waals surface area contributed by atoms with Crippen molar-refractivity contribution in [3.8, 4) is 11.5 Å². The number of aldehydes is 1. The van der Waals surface area contributed by atoms with E-state index in [1.807, 2.05) is 0 Å². The number of epoxide rings is 2. The second-order valence-corrected chi connectivity index (χ2v) is 4.36. The zero-order chi connectivity index (χ0) is 12.4. The highest BCUT2D eigenvalue weighted by Gasteiger charge is 2.25. The maximum absolute atomic E-state index is 10.8. The smallest absolute Gasteiger partial charge is 0.162 e. The Morgan fingerprint density at radius 1 is 1.11 bits per heavy atom. The summed E-state index contributed by atoms with van der Waals surface area (Å²) in [6, 6.07) is 5.13. The number of benzene rings is 1. The summed E-state index contributed by atoms with van der Waals surface area (Å²) in [6.45, 7) is 2.48. The SMILES string of the molecule is O=Cc1ccc(OCC2CO2)c(OCC2CO2)c1. The van der Waals surface area contributed by atoms with E-state index in [4.69, 9.17) is 18.9 Å². The molecule has 0 radical (unpaired) electrons. The van der Waals surface area contributed by atoms with Crippen LogP contribution in [0.4, 0.5) is 0 Å². The Morgan fingerprint density at radius 2 is 1.72 bits per heavy atom. The van der Waals surface area contributed by atoms with Crippen molar-refractivity contribution >= 4 is 6.29 Å². The third kappa shape index (κ3) is 3.00. The van der Waals surface area contributed by atoms with E-state index in [-0.39, 0.29) is 12.2 Å². The van der Waals surface area contributed by atoms with Gasteiger partial charge in [0.2, 0.25) is 0 Å². The quantitative estimate of drug-likeness (QED) is 0.535. The molecule has 18 heavy (non-hydrogen) atoms. The Morgan fingerprint density at radius 3 is 2.28 bits per heavy atom. The second-order valence-electron chi connectivity index (χ2n) is 4.36. The summed E-state index contributed by atoms with van der Waals surface area (Å²) >= 11 is 0. The van der Waals surface area contributed by atoms with Gasteiger partial charge in [-0.1, -0.05) is 0 Å². The lowest BCUT2D eigenvalue weighted by molar-refractivity contribution is 0.112. The molecule has 2 fully saturated rings. The lowest BCUT2D eigenvalue weighted by atomic mass is 10.2. The van der Waals surface area contributed by atoms with Crippen LogP contribution in [0.5, 0.6) is 11.5 Å². The highest BCUT2D eigenvalue weighted by molar-refractivity contribution is 5.76. The number of carbonyl (C=O) groups excluding carboxylic acids is 1. The zero-order valence-electron chi connectivity index (χ0n) is 9.83. The lowest BCUT2D eigenvalue weighted by Gasteiger charge is -2.12. The van der Waals surface area contributed by atoms with Gasteiger partial charge in [-0.3, -0.25) is 4.79 Å². The number of carbonyl (C=O) groups is 1. The van der Waals surface area contributed by atoms with Crippen molar-refractivity contribution in [3.63, 3.8) is 0 Å². The minimum absolute atomic E-state index is 0.171. The summed E-state index contributed by atoms with van der Waals surface area (Å²) in [5.74, 6) is 1.22. The van der Waals surface area contributed by atoms with Crippen molar-refractivity contribution in [3.05, 3.63) is 23.8 Å². The first kappa shape index (κ1) is 11.5. The van der Waals surface area contributed by atoms with Crippen LogP contribution in [0.1, 0.15) is 10.4 Å². The summed E-state index contributed by atoms with van der Waals surface area (Å²) in [5.41, 5.74) is 0.566. The predicted molar refractivity (Wildman–Crippen MR) is 62.3 cm³/mol. The van der Waals surface area contributed by atoms with Gasteiger partial charge in [-0.15, -0.1) is 0 Å². The fraction of sp³-hybridized carbons (Fsp3) is 0.462. The molecule has 2 aliphatic rings. The molecular formula is C13H14O5. The summed E-state index contributed by atoms with van der Waals surface area (Å²) < 4.78 is 21.4. The fourth-order valence-corrected chi connectivity index (χ4v) is 1.52. The second kappa shape index (κ2) is 4.96. The summed E-state index contributed by atoms with van der Waals surface area (Å²) in [6.07, 6.45) is 1.15. The number of hydrogen-bond donors (Lipinski definition) is 0. The maximum atomic E-state index is 10.8. The maximum Gasteiger partial charge on any atom is 0.162 e. The Bertz CT molecular complexity index is 437. The van der Waals surface area contributed by atoms with Crippen LogP contribution in [-0.4, -0.2) is 44.9 Å². The Balaban J connectivity index is 1.68. The summed E-state index contributed by atoms with van der Waals surface area (Å²) in [4.78, 5) is 10.8. The predicted octanol–water partition coefficient (Wildman–Crippen LogP) is 1.05. The van der Waals surface area contributed by atoms with Crippen molar-refractivity contribution in [2.45, 2.75) is 12.2 Å². The number of hydrogen-bond acceptors (Lipinski definition) is 5. The standard InChI is InChI=1S/C13H14O5/c14-4-9-1-2-12(17-7-10-5-15-10)13(3-9)18-8-11-6-16-11/h1-4,10-11H,5-8H2. The lowest BCUT2D eigenvalue weighted by Crippen LogP contribution is -2.08. The molecule has 0 aromatic heterocycles. The van der Waals surface area contributed by atoms with E-state index < -0.39 is 0 Å². The highest BCUT2D eigenvalue weighted by Crippen LogP contribution is 2.29. The van der Waals surface area contributed by atoms with Crippen LogP contribution in [0.15, 0.2) is 18.2 Å². The van der Waals surface area contributed by atoms with Gasteiger partial charge < -0.3 is 18.9 Å². The third-order valence-corrected chi connectivity index (χ3v) is 2.76. The molecule has 2 heterocycles.